The summed E-state index contributed by atoms with van der Waals surface area (Å²) in [6.07, 6.45) is 1.69. The molecule has 18 heavy (non-hydrogen) atoms. The molecule has 1 rings (SSSR count). The second kappa shape index (κ2) is 6.58. The van der Waals surface area contributed by atoms with Crippen LogP contribution in [0.1, 0.15) is 39.7 Å². The molecular weight excluding hydrogens is 222 g/mol. The summed E-state index contributed by atoms with van der Waals surface area (Å²) in [6.45, 7) is 8.56. The minimum Gasteiger partial charge on any atom is -0.315 e. The van der Waals surface area contributed by atoms with E-state index in [9.17, 15) is 4.79 Å². The Morgan fingerprint density at radius 3 is 2.06 bits per heavy atom. The van der Waals surface area contributed by atoms with Crippen molar-refractivity contribution in [2.75, 3.05) is 11.9 Å². The van der Waals surface area contributed by atoms with E-state index in [1.807, 2.05) is 19.2 Å². The highest BCUT2D eigenvalue weighted by Gasteiger charge is 2.12. The first-order valence-electron chi connectivity index (χ1n) is 6.75. The van der Waals surface area contributed by atoms with Crippen LogP contribution in [-0.2, 0) is 11.2 Å². The van der Waals surface area contributed by atoms with Crippen LogP contribution in [0, 0.1) is 11.8 Å². The van der Waals surface area contributed by atoms with Crippen LogP contribution in [0.4, 0.5) is 5.69 Å². The van der Waals surface area contributed by atoms with Crippen molar-refractivity contribution in [1.29, 1.82) is 0 Å². The van der Waals surface area contributed by atoms with E-state index >= 15 is 0 Å². The number of amides is 1. The van der Waals surface area contributed by atoms with Gasteiger partial charge in [0.05, 0.1) is 0 Å². The fraction of sp³-hybridized carbons (Fsp3) is 0.562. The topological polar surface area (TPSA) is 20.3 Å². The third-order valence-electron chi connectivity index (χ3n) is 2.92. The monoisotopic (exact) mass is 247 g/mol. The molecule has 0 aliphatic carbocycles. The molecule has 0 spiro atoms. The van der Waals surface area contributed by atoms with Crippen molar-refractivity contribution in [1.82, 2.24) is 0 Å². The Morgan fingerprint density at radius 2 is 1.61 bits per heavy atom. The Hall–Kier alpha value is -1.31. The first-order chi connectivity index (χ1) is 8.40. The Labute approximate surface area is 111 Å². The zero-order valence-corrected chi connectivity index (χ0v) is 12.2. The summed E-state index contributed by atoms with van der Waals surface area (Å²) in [5, 5.41) is 0. The molecule has 0 radical (unpaired) electrons. The van der Waals surface area contributed by atoms with Crippen LogP contribution < -0.4 is 4.90 Å². The molecule has 0 N–H and O–H groups in total. The largest absolute Gasteiger partial charge is 0.315 e. The number of carbonyl (C=O) groups excluding carboxylic acids is 1. The van der Waals surface area contributed by atoms with Gasteiger partial charge in [0.2, 0.25) is 5.91 Å². The van der Waals surface area contributed by atoms with Gasteiger partial charge in [-0.1, -0.05) is 39.8 Å². The highest BCUT2D eigenvalue weighted by molar-refractivity contribution is 5.92. The maximum Gasteiger partial charge on any atom is 0.226 e. The van der Waals surface area contributed by atoms with E-state index in [1.54, 1.807) is 4.90 Å². The number of hydrogen-bond acceptors (Lipinski definition) is 1. The zero-order chi connectivity index (χ0) is 13.7. The lowest BCUT2D eigenvalue weighted by molar-refractivity contribution is -0.119. The normalized spacial score (nSPS) is 11.1. The van der Waals surface area contributed by atoms with Gasteiger partial charge in [-0.05, 0) is 36.0 Å². The van der Waals surface area contributed by atoms with Crippen molar-refractivity contribution in [3.63, 3.8) is 0 Å². The molecule has 0 aliphatic rings. The second-order valence-electron chi connectivity index (χ2n) is 5.82. The average Bonchev–Trinajstić information content (AvgIpc) is 2.27. The SMILES string of the molecule is CC(C)CC(=O)N(C)c1ccc(CC(C)C)cc1. The van der Waals surface area contributed by atoms with Crippen molar-refractivity contribution in [3.8, 4) is 0 Å². The fourth-order valence-corrected chi connectivity index (χ4v) is 1.96. The van der Waals surface area contributed by atoms with Crippen LogP contribution >= 0.6 is 0 Å². The van der Waals surface area contributed by atoms with Gasteiger partial charge in [0.15, 0.2) is 0 Å². The predicted molar refractivity (Wildman–Crippen MR) is 77.8 cm³/mol. The molecule has 0 unspecified atom stereocenters. The lowest BCUT2D eigenvalue weighted by atomic mass is 10.0. The van der Waals surface area contributed by atoms with Gasteiger partial charge in [-0.2, -0.15) is 0 Å². The van der Waals surface area contributed by atoms with Gasteiger partial charge in [-0.15, -0.1) is 0 Å². The third-order valence-corrected chi connectivity index (χ3v) is 2.92. The van der Waals surface area contributed by atoms with Crippen molar-refractivity contribution >= 4 is 11.6 Å². The minimum atomic E-state index is 0.182. The molecule has 0 aliphatic heterocycles. The predicted octanol–water partition coefficient (Wildman–Crippen LogP) is 3.89. The van der Waals surface area contributed by atoms with Gasteiger partial charge >= 0.3 is 0 Å². The van der Waals surface area contributed by atoms with Gasteiger partial charge in [0.25, 0.3) is 0 Å². The number of nitrogens with zero attached hydrogens (tertiary/aromatic N) is 1. The van der Waals surface area contributed by atoms with E-state index in [0.717, 1.165) is 12.1 Å². The van der Waals surface area contributed by atoms with E-state index in [0.29, 0.717) is 18.3 Å². The van der Waals surface area contributed by atoms with Crippen molar-refractivity contribution < 1.29 is 4.79 Å². The van der Waals surface area contributed by atoms with Gasteiger partial charge in [0, 0.05) is 19.2 Å². The quantitative estimate of drug-likeness (QED) is 0.773. The summed E-state index contributed by atoms with van der Waals surface area (Å²) in [4.78, 5) is 13.7. The molecule has 0 saturated heterocycles. The summed E-state index contributed by atoms with van der Waals surface area (Å²) < 4.78 is 0. The van der Waals surface area contributed by atoms with Gasteiger partial charge in [0.1, 0.15) is 0 Å². The lowest BCUT2D eigenvalue weighted by Gasteiger charge is -2.19. The lowest BCUT2D eigenvalue weighted by Crippen LogP contribution is -2.27. The van der Waals surface area contributed by atoms with Crippen LogP contribution in [-0.4, -0.2) is 13.0 Å². The maximum atomic E-state index is 11.9. The Balaban J connectivity index is 2.69. The van der Waals surface area contributed by atoms with E-state index in [-0.39, 0.29) is 5.91 Å². The number of hydrogen-bond donors (Lipinski definition) is 0. The van der Waals surface area contributed by atoms with Crippen LogP contribution in [0.3, 0.4) is 0 Å². The molecule has 2 nitrogen and oxygen atoms in total. The smallest absolute Gasteiger partial charge is 0.226 e. The zero-order valence-electron chi connectivity index (χ0n) is 12.2. The van der Waals surface area contributed by atoms with E-state index in [4.69, 9.17) is 0 Å². The van der Waals surface area contributed by atoms with Crippen LogP contribution in [0.15, 0.2) is 24.3 Å². The molecule has 0 bridgehead atoms. The first-order valence-corrected chi connectivity index (χ1v) is 6.75. The Kier molecular flexibility index (Phi) is 5.39. The molecular formula is C16H25NO. The minimum absolute atomic E-state index is 0.182. The Bertz CT molecular complexity index is 379. The molecule has 1 aromatic rings. The van der Waals surface area contributed by atoms with Gasteiger partial charge in [-0.25, -0.2) is 0 Å². The maximum absolute atomic E-state index is 11.9. The van der Waals surface area contributed by atoms with Crippen molar-refractivity contribution in [2.24, 2.45) is 11.8 Å². The number of benzene rings is 1. The van der Waals surface area contributed by atoms with Gasteiger partial charge < -0.3 is 4.90 Å². The number of anilines is 1. The van der Waals surface area contributed by atoms with Crippen LogP contribution in [0.2, 0.25) is 0 Å². The Morgan fingerprint density at radius 1 is 1.06 bits per heavy atom. The summed E-state index contributed by atoms with van der Waals surface area (Å²) in [5.41, 5.74) is 2.31. The first kappa shape index (κ1) is 14.7. The molecule has 0 aromatic heterocycles. The van der Waals surface area contributed by atoms with Crippen LogP contribution in [0.5, 0.6) is 0 Å². The van der Waals surface area contributed by atoms with E-state index < -0.39 is 0 Å². The van der Waals surface area contributed by atoms with Crippen LogP contribution in [0.25, 0.3) is 0 Å². The summed E-state index contributed by atoms with van der Waals surface area (Å²) >= 11 is 0. The summed E-state index contributed by atoms with van der Waals surface area (Å²) in [7, 11) is 1.85. The molecule has 0 atom stereocenters. The summed E-state index contributed by atoms with van der Waals surface area (Å²) in [5.74, 6) is 1.25. The molecule has 0 saturated carbocycles. The third kappa shape index (κ3) is 4.52. The highest BCUT2D eigenvalue weighted by atomic mass is 16.2. The fourth-order valence-electron chi connectivity index (χ4n) is 1.96. The summed E-state index contributed by atoms with van der Waals surface area (Å²) in [6, 6.07) is 8.31. The molecule has 0 fully saturated rings. The molecule has 0 heterocycles. The number of carbonyl (C=O) groups is 1. The van der Waals surface area contributed by atoms with Gasteiger partial charge in [-0.3, -0.25) is 4.79 Å². The molecule has 1 amide bonds. The standard InChI is InChI=1S/C16H25NO/c1-12(2)10-14-6-8-15(9-7-14)17(5)16(18)11-13(3)4/h6-9,12-13H,10-11H2,1-5H3. The average molecular weight is 247 g/mol. The van der Waals surface area contributed by atoms with E-state index in [1.165, 1.54) is 5.56 Å². The highest BCUT2D eigenvalue weighted by Crippen LogP contribution is 2.17. The van der Waals surface area contributed by atoms with Crippen molar-refractivity contribution in [3.05, 3.63) is 29.8 Å². The molecule has 2 heteroatoms. The van der Waals surface area contributed by atoms with E-state index in [2.05, 4.69) is 39.8 Å². The molecule has 1 aromatic carbocycles. The number of rotatable bonds is 5. The molecule has 100 valence electrons. The second-order valence-corrected chi connectivity index (χ2v) is 5.82. The van der Waals surface area contributed by atoms with Crippen molar-refractivity contribution in [2.45, 2.75) is 40.5 Å².